The largest absolute Gasteiger partial charge is 0.483 e. The molecule has 0 aromatic heterocycles. The van der Waals surface area contributed by atoms with E-state index in [0.29, 0.717) is 24.5 Å². The maximum Gasteiger partial charge on any atom is 0.262 e. The minimum absolute atomic E-state index is 0.0908. The Hall–Kier alpha value is -2.95. The lowest BCUT2D eigenvalue weighted by atomic mass is 10.2. The molecule has 1 aliphatic heterocycles. The van der Waals surface area contributed by atoms with Crippen molar-refractivity contribution in [1.29, 1.82) is 0 Å². The van der Waals surface area contributed by atoms with Gasteiger partial charge in [0.2, 0.25) is 10.0 Å². The number of hydrogen-bond donors (Lipinski definition) is 2. The molecule has 2 amide bonds. The molecule has 160 valence electrons. The smallest absolute Gasteiger partial charge is 0.262 e. The van der Waals surface area contributed by atoms with Crippen molar-refractivity contribution in [2.75, 3.05) is 45.3 Å². The van der Waals surface area contributed by atoms with Gasteiger partial charge in [0.1, 0.15) is 5.75 Å². The Labute approximate surface area is 175 Å². The average molecular weight is 433 g/mol. The highest BCUT2D eigenvalue weighted by Gasteiger charge is 2.26. The fourth-order valence-electron chi connectivity index (χ4n) is 2.93. The second-order valence-corrected chi connectivity index (χ2v) is 8.39. The van der Waals surface area contributed by atoms with E-state index in [1.165, 1.54) is 23.5 Å². The summed E-state index contributed by atoms with van der Waals surface area (Å²) in [6, 6.07) is 12.6. The number of hydrogen-bond acceptors (Lipinski definition) is 6. The molecule has 9 nitrogen and oxygen atoms in total. The van der Waals surface area contributed by atoms with Crippen molar-refractivity contribution < 1.29 is 27.5 Å². The Bertz CT molecular complexity index is 1020. The second kappa shape index (κ2) is 9.70. The number of anilines is 1. The van der Waals surface area contributed by atoms with Crippen LogP contribution in [-0.2, 0) is 19.6 Å². The van der Waals surface area contributed by atoms with E-state index in [1.54, 1.807) is 36.4 Å². The molecule has 0 spiro atoms. The quantitative estimate of drug-likeness (QED) is 0.676. The van der Waals surface area contributed by atoms with Crippen molar-refractivity contribution in [2.45, 2.75) is 4.90 Å². The Kier molecular flexibility index (Phi) is 7.03. The monoisotopic (exact) mass is 433 g/mol. The molecule has 0 bridgehead atoms. The van der Waals surface area contributed by atoms with Gasteiger partial charge in [-0.25, -0.2) is 8.42 Å². The Morgan fingerprint density at radius 2 is 1.83 bits per heavy atom. The summed E-state index contributed by atoms with van der Waals surface area (Å²) < 4.78 is 37.6. The second-order valence-electron chi connectivity index (χ2n) is 6.46. The molecule has 2 aromatic carbocycles. The van der Waals surface area contributed by atoms with Gasteiger partial charge in [-0.2, -0.15) is 4.31 Å². The summed E-state index contributed by atoms with van der Waals surface area (Å²) in [4.78, 5) is 24.2. The lowest BCUT2D eigenvalue weighted by Crippen LogP contribution is -2.40. The first-order valence-corrected chi connectivity index (χ1v) is 10.8. The third kappa shape index (κ3) is 5.15. The summed E-state index contributed by atoms with van der Waals surface area (Å²) in [6.45, 7) is 0.943. The van der Waals surface area contributed by atoms with Crippen LogP contribution < -0.4 is 15.4 Å². The minimum Gasteiger partial charge on any atom is -0.483 e. The predicted octanol–water partition coefficient (Wildman–Crippen LogP) is 1.08. The molecule has 30 heavy (non-hydrogen) atoms. The van der Waals surface area contributed by atoms with Gasteiger partial charge < -0.3 is 20.1 Å². The molecule has 10 heteroatoms. The van der Waals surface area contributed by atoms with Gasteiger partial charge in [0, 0.05) is 25.8 Å². The molecule has 1 saturated heterocycles. The first-order chi connectivity index (χ1) is 14.4. The molecule has 0 atom stereocenters. The molecular weight excluding hydrogens is 410 g/mol. The zero-order valence-corrected chi connectivity index (χ0v) is 17.3. The number of morpholine rings is 1. The number of amides is 2. The molecule has 1 heterocycles. The van der Waals surface area contributed by atoms with E-state index < -0.39 is 15.9 Å². The summed E-state index contributed by atoms with van der Waals surface area (Å²) in [5, 5.41) is 5.13. The highest BCUT2D eigenvalue weighted by Crippen LogP contribution is 2.21. The zero-order valence-electron chi connectivity index (χ0n) is 16.5. The Morgan fingerprint density at radius 3 is 2.57 bits per heavy atom. The normalized spacial score (nSPS) is 14.7. The van der Waals surface area contributed by atoms with E-state index in [1.807, 2.05) is 0 Å². The first-order valence-electron chi connectivity index (χ1n) is 9.33. The van der Waals surface area contributed by atoms with Crippen LogP contribution in [0.1, 0.15) is 10.4 Å². The maximum absolute atomic E-state index is 12.8. The van der Waals surface area contributed by atoms with Crippen LogP contribution in [0.25, 0.3) is 0 Å². The predicted molar refractivity (Wildman–Crippen MR) is 110 cm³/mol. The molecule has 0 unspecified atom stereocenters. The molecule has 0 aliphatic carbocycles. The molecule has 1 fully saturated rings. The molecule has 0 radical (unpaired) electrons. The number of benzene rings is 2. The van der Waals surface area contributed by atoms with Crippen LogP contribution in [-0.4, -0.2) is 64.5 Å². The summed E-state index contributed by atoms with van der Waals surface area (Å²) in [5.41, 5.74) is 0.643. The summed E-state index contributed by atoms with van der Waals surface area (Å²) in [7, 11) is -2.16. The van der Waals surface area contributed by atoms with Gasteiger partial charge in [0.05, 0.1) is 23.7 Å². The van der Waals surface area contributed by atoms with Crippen molar-refractivity contribution in [3.05, 3.63) is 54.1 Å². The molecule has 3 rings (SSSR count). The highest BCUT2D eigenvalue weighted by atomic mass is 32.2. The van der Waals surface area contributed by atoms with Crippen molar-refractivity contribution in [3.63, 3.8) is 0 Å². The van der Waals surface area contributed by atoms with Crippen LogP contribution in [0.4, 0.5) is 5.69 Å². The molecule has 2 aromatic rings. The van der Waals surface area contributed by atoms with E-state index in [2.05, 4.69) is 10.6 Å². The number of sulfonamides is 1. The van der Waals surface area contributed by atoms with Crippen molar-refractivity contribution >= 4 is 27.5 Å². The summed E-state index contributed by atoms with van der Waals surface area (Å²) >= 11 is 0. The number of carbonyl (C=O) groups excluding carboxylic acids is 2. The van der Waals surface area contributed by atoms with Gasteiger partial charge in [0.25, 0.3) is 11.8 Å². The minimum atomic E-state index is -3.67. The Balaban J connectivity index is 1.65. The van der Waals surface area contributed by atoms with Gasteiger partial charge in [-0.3, -0.25) is 9.59 Å². The van der Waals surface area contributed by atoms with Gasteiger partial charge in [-0.05, 0) is 30.3 Å². The molecule has 1 aliphatic rings. The van der Waals surface area contributed by atoms with Crippen LogP contribution in [0.2, 0.25) is 0 Å². The van der Waals surface area contributed by atoms with Crippen molar-refractivity contribution in [1.82, 2.24) is 9.62 Å². The number of nitrogens with one attached hydrogen (secondary N) is 2. The van der Waals surface area contributed by atoms with Crippen LogP contribution in [0.5, 0.6) is 5.75 Å². The number of nitrogens with zero attached hydrogens (tertiary/aromatic N) is 1. The van der Waals surface area contributed by atoms with E-state index in [4.69, 9.17) is 9.47 Å². The Morgan fingerprint density at radius 1 is 1.10 bits per heavy atom. The number of para-hydroxylation sites is 1. The van der Waals surface area contributed by atoms with E-state index in [9.17, 15) is 18.0 Å². The van der Waals surface area contributed by atoms with Crippen LogP contribution in [0.15, 0.2) is 53.4 Å². The third-order valence-electron chi connectivity index (χ3n) is 4.44. The molecule has 0 saturated carbocycles. The standard InChI is InChI=1S/C20H23N3O6S/c1-21-20(25)17-7-2-3-8-18(17)29-14-19(24)22-15-5-4-6-16(13-15)30(26,27)23-9-11-28-12-10-23/h2-8,13H,9-12,14H2,1H3,(H,21,25)(H,22,24). The number of rotatable bonds is 7. The van der Waals surface area contributed by atoms with Gasteiger partial charge in [-0.1, -0.05) is 18.2 Å². The topological polar surface area (TPSA) is 114 Å². The first kappa shape index (κ1) is 21.8. The van der Waals surface area contributed by atoms with E-state index in [0.717, 1.165) is 0 Å². The SMILES string of the molecule is CNC(=O)c1ccccc1OCC(=O)Nc1cccc(S(=O)(=O)N2CCOCC2)c1. The number of carbonyl (C=O) groups is 2. The third-order valence-corrected chi connectivity index (χ3v) is 6.34. The van der Waals surface area contributed by atoms with Gasteiger partial charge in [0.15, 0.2) is 6.61 Å². The molecule has 2 N–H and O–H groups in total. The zero-order chi connectivity index (χ0) is 21.6. The average Bonchev–Trinajstić information content (AvgIpc) is 2.78. The van der Waals surface area contributed by atoms with Crippen LogP contribution in [0.3, 0.4) is 0 Å². The van der Waals surface area contributed by atoms with Crippen molar-refractivity contribution in [2.24, 2.45) is 0 Å². The van der Waals surface area contributed by atoms with E-state index in [-0.39, 0.29) is 36.2 Å². The number of ether oxygens (including phenoxy) is 2. The lowest BCUT2D eigenvalue weighted by Gasteiger charge is -2.26. The summed E-state index contributed by atoms with van der Waals surface area (Å²) in [5.74, 6) is -0.537. The maximum atomic E-state index is 12.8. The van der Waals surface area contributed by atoms with Crippen LogP contribution in [0, 0.1) is 0 Å². The lowest BCUT2D eigenvalue weighted by molar-refractivity contribution is -0.118. The summed E-state index contributed by atoms with van der Waals surface area (Å²) in [6.07, 6.45) is 0. The fourth-order valence-corrected chi connectivity index (χ4v) is 4.38. The van der Waals surface area contributed by atoms with Crippen molar-refractivity contribution in [3.8, 4) is 5.75 Å². The highest BCUT2D eigenvalue weighted by molar-refractivity contribution is 7.89. The van der Waals surface area contributed by atoms with E-state index >= 15 is 0 Å². The fraction of sp³-hybridized carbons (Fsp3) is 0.300. The van der Waals surface area contributed by atoms with Crippen LogP contribution >= 0.6 is 0 Å². The van der Waals surface area contributed by atoms with Gasteiger partial charge >= 0.3 is 0 Å². The van der Waals surface area contributed by atoms with Gasteiger partial charge in [-0.15, -0.1) is 0 Å². The molecular formula is C20H23N3O6S.